The van der Waals surface area contributed by atoms with Crippen LogP contribution in [0.1, 0.15) is 11.3 Å². The second kappa shape index (κ2) is 6.24. The highest BCUT2D eigenvalue weighted by Gasteiger charge is 2.03. The van der Waals surface area contributed by atoms with Gasteiger partial charge in [-0.1, -0.05) is 6.07 Å². The molecule has 0 saturated heterocycles. The lowest BCUT2D eigenvalue weighted by molar-refractivity contribution is 0.406. The number of ether oxygens (including phenoxy) is 1. The van der Waals surface area contributed by atoms with E-state index in [0.717, 1.165) is 18.5 Å². The molecule has 1 heterocycles. The molecule has 1 aromatic heterocycles. The lowest BCUT2D eigenvalue weighted by Gasteiger charge is -2.08. The summed E-state index contributed by atoms with van der Waals surface area (Å²) in [4.78, 5) is 0. The van der Waals surface area contributed by atoms with Crippen LogP contribution in [-0.2, 0) is 20.0 Å². The van der Waals surface area contributed by atoms with E-state index >= 15 is 0 Å². The standard InChI is InChI=1S/C14H19N3O2/c1-17-12(6-8-16-17)5-7-15-10-11-3-4-13(19-2)9-14(11)18/h3-4,6,8-9,15,18H,5,7,10H2,1-2H3. The first-order chi connectivity index (χ1) is 9.20. The Hall–Kier alpha value is -2.01. The zero-order chi connectivity index (χ0) is 13.7. The largest absolute Gasteiger partial charge is 0.507 e. The number of rotatable bonds is 6. The first kappa shape index (κ1) is 13.4. The van der Waals surface area contributed by atoms with Gasteiger partial charge in [0.25, 0.3) is 0 Å². The van der Waals surface area contributed by atoms with E-state index in [0.29, 0.717) is 12.3 Å². The first-order valence-corrected chi connectivity index (χ1v) is 6.24. The minimum atomic E-state index is 0.257. The van der Waals surface area contributed by atoms with Crippen molar-refractivity contribution in [2.75, 3.05) is 13.7 Å². The number of nitrogens with one attached hydrogen (secondary N) is 1. The number of aromatic nitrogens is 2. The van der Waals surface area contributed by atoms with Gasteiger partial charge in [0.15, 0.2) is 0 Å². The molecule has 0 aliphatic heterocycles. The predicted molar refractivity (Wildman–Crippen MR) is 73.3 cm³/mol. The van der Waals surface area contributed by atoms with E-state index in [2.05, 4.69) is 10.4 Å². The molecule has 2 aromatic rings. The van der Waals surface area contributed by atoms with E-state index in [1.165, 1.54) is 5.69 Å². The Morgan fingerprint density at radius 1 is 1.37 bits per heavy atom. The maximum Gasteiger partial charge on any atom is 0.123 e. The fourth-order valence-corrected chi connectivity index (χ4v) is 1.91. The van der Waals surface area contributed by atoms with Crippen molar-refractivity contribution < 1.29 is 9.84 Å². The Morgan fingerprint density at radius 2 is 2.21 bits per heavy atom. The molecule has 0 amide bonds. The fraction of sp³-hybridized carbons (Fsp3) is 0.357. The SMILES string of the molecule is COc1ccc(CNCCc2ccnn2C)c(O)c1. The van der Waals surface area contributed by atoms with Crippen LogP contribution in [0.15, 0.2) is 30.5 Å². The lowest BCUT2D eigenvalue weighted by Crippen LogP contribution is -2.18. The number of hydrogen-bond donors (Lipinski definition) is 2. The molecule has 0 spiro atoms. The summed E-state index contributed by atoms with van der Waals surface area (Å²) in [5, 5.41) is 17.2. The van der Waals surface area contributed by atoms with Gasteiger partial charge in [0, 0.05) is 50.1 Å². The number of nitrogens with zero attached hydrogens (tertiary/aromatic N) is 2. The topological polar surface area (TPSA) is 59.3 Å². The van der Waals surface area contributed by atoms with Crippen LogP contribution in [0.25, 0.3) is 0 Å². The van der Waals surface area contributed by atoms with Crippen molar-refractivity contribution in [2.24, 2.45) is 7.05 Å². The van der Waals surface area contributed by atoms with Gasteiger partial charge >= 0.3 is 0 Å². The highest BCUT2D eigenvalue weighted by Crippen LogP contribution is 2.22. The molecule has 1 aromatic carbocycles. The average Bonchev–Trinajstić information content (AvgIpc) is 2.81. The minimum absolute atomic E-state index is 0.257. The Bertz CT molecular complexity index is 537. The maximum absolute atomic E-state index is 9.82. The van der Waals surface area contributed by atoms with E-state index in [-0.39, 0.29) is 5.75 Å². The van der Waals surface area contributed by atoms with Gasteiger partial charge in [-0.15, -0.1) is 0 Å². The summed E-state index contributed by atoms with van der Waals surface area (Å²) in [6.45, 7) is 1.47. The molecule has 0 radical (unpaired) electrons. The number of hydrogen-bond acceptors (Lipinski definition) is 4. The van der Waals surface area contributed by atoms with E-state index < -0.39 is 0 Å². The van der Waals surface area contributed by atoms with Crippen molar-refractivity contribution >= 4 is 0 Å². The summed E-state index contributed by atoms with van der Waals surface area (Å²) >= 11 is 0. The number of benzene rings is 1. The molecule has 5 nitrogen and oxygen atoms in total. The van der Waals surface area contributed by atoms with Crippen LogP contribution in [0, 0.1) is 0 Å². The smallest absolute Gasteiger partial charge is 0.123 e. The molecule has 0 aliphatic rings. The van der Waals surface area contributed by atoms with E-state index in [4.69, 9.17) is 4.74 Å². The normalized spacial score (nSPS) is 10.6. The number of methoxy groups -OCH3 is 1. The van der Waals surface area contributed by atoms with Crippen molar-refractivity contribution in [2.45, 2.75) is 13.0 Å². The fourth-order valence-electron chi connectivity index (χ4n) is 1.91. The van der Waals surface area contributed by atoms with Crippen LogP contribution in [0.2, 0.25) is 0 Å². The summed E-state index contributed by atoms with van der Waals surface area (Å²) in [5.74, 6) is 0.920. The van der Waals surface area contributed by atoms with Gasteiger partial charge in [-0.3, -0.25) is 4.68 Å². The van der Waals surface area contributed by atoms with Crippen molar-refractivity contribution in [3.63, 3.8) is 0 Å². The van der Waals surface area contributed by atoms with Crippen LogP contribution in [0.4, 0.5) is 0 Å². The van der Waals surface area contributed by atoms with Crippen molar-refractivity contribution in [1.82, 2.24) is 15.1 Å². The van der Waals surface area contributed by atoms with Crippen LogP contribution in [0.3, 0.4) is 0 Å². The monoisotopic (exact) mass is 261 g/mol. The molecule has 0 fully saturated rings. The van der Waals surface area contributed by atoms with Gasteiger partial charge in [-0.05, 0) is 12.1 Å². The molecule has 2 N–H and O–H groups in total. The minimum Gasteiger partial charge on any atom is -0.507 e. The van der Waals surface area contributed by atoms with Gasteiger partial charge in [-0.2, -0.15) is 5.10 Å². The van der Waals surface area contributed by atoms with Crippen molar-refractivity contribution in [3.8, 4) is 11.5 Å². The number of phenolic OH excluding ortho intramolecular Hbond substituents is 1. The Balaban J connectivity index is 1.81. The van der Waals surface area contributed by atoms with Gasteiger partial charge in [0.05, 0.1) is 7.11 Å². The molecule has 0 unspecified atom stereocenters. The van der Waals surface area contributed by atoms with Gasteiger partial charge < -0.3 is 15.2 Å². The van der Waals surface area contributed by atoms with E-state index in [1.807, 2.05) is 29.9 Å². The molecule has 2 rings (SSSR count). The van der Waals surface area contributed by atoms with Crippen LogP contribution < -0.4 is 10.1 Å². The highest BCUT2D eigenvalue weighted by atomic mass is 16.5. The summed E-state index contributed by atoms with van der Waals surface area (Å²) < 4.78 is 6.92. The summed E-state index contributed by atoms with van der Waals surface area (Å²) in [6.07, 6.45) is 2.71. The quantitative estimate of drug-likeness (QED) is 0.773. The molecular formula is C14H19N3O2. The molecule has 0 aliphatic carbocycles. The van der Waals surface area contributed by atoms with Gasteiger partial charge in [0.2, 0.25) is 0 Å². The molecule has 102 valence electrons. The summed E-state index contributed by atoms with van der Waals surface area (Å²) in [6, 6.07) is 7.34. The molecular weight excluding hydrogens is 242 g/mol. The molecule has 0 bridgehead atoms. The third kappa shape index (κ3) is 3.48. The third-order valence-corrected chi connectivity index (χ3v) is 3.09. The second-order valence-electron chi connectivity index (χ2n) is 4.37. The third-order valence-electron chi connectivity index (χ3n) is 3.09. The average molecular weight is 261 g/mol. The predicted octanol–water partition coefficient (Wildman–Crippen LogP) is 1.47. The Kier molecular flexibility index (Phi) is 4.41. The molecule has 0 saturated carbocycles. The highest BCUT2D eigenvalue weighted by molar-refractivity contribution is 5.39. The zero-order valence-corrected chi connectivity index (χ0v) is 11.3. The number of phenols is 1. The van der Waals surface area contributed by atoms with Crippen molar-refractivity contribution in [1.29, 1.82) is 0 Å². The zero-order valence-electron chi connectivity index (χ0n) is 11.3. The van der Waals surface area contributed by atoms with Gasteiger partial charge in [0.1, 0.15) is 11.5 Å². The van der Waals surface area contributed by atoms with Crippen LogP contribution in [-0.4, -0.2) is 28.5 Å². The second-order valence-corrected chi connectivity index (χ2v) is 4.37. The van der Waals surface area contributed by atoms with Crippen LogP contribution in [0.5, 0.6) is 11.5 Å². The lowest BCUT2D eigenvalue weighted by atomic mass is 10.2. The maximum atomic E-state index is 9.82. The van der Waals surface area contributed by atoms with Crippen molar-refractivity contribution in [3.05, 3.63) is 41.7 Å². The Labute approximate surface area is 112 Å². The number of aryl methyl sites for hydroxylation is 1. The summed E-state index contributed by atoms with van der Waals surface area (Å²) in [5.41, 5.74) is 2.05. The van der Waals surface area contributed by atoms with Gasteiger partial charge in [-0.25, -0.2) is 0 Å². The first-order valence-electron chi connectivity index (χ1n) is 6.24. The molecule has 0 atom stereocenters. The Morgan fingerprint density at radius 3 is 2.84 bits per heavy atom. The van der Waals surface area contributed by atoms with E-state index in [1.54, 1.807) is 19.4 Å². The number of aromatic hydroxyl groups is 1. The molecule has 5 heteroatoms. The van der Waals surface area contributed by atoms with E-state index in [9.17, 15) is 5.11 Å². The summed E-state index contributed by atoms with van der Waals surface area (Å²) in [7, 11) is 3.52. The van der Waals surface area contributed by atoms with Crippen LogP contribution >= 0.6 is 0 Å². The molecule has 19 heavy (non-hydrogen) atoms.